The van der Waals surface area contributed by atoms with Gasteiger partial charge in [0.15, 0.2) is 11.5 Å². The lowest BCUT2D eigenvalue weighted by molar-refractivity contribution is 0.0542. The Morgan fingerprint density at radius 3 is 2.52 bits per heavy atom. The molecule has 0 saturated carbocycles. The van der Waals surface area contributed by atoms with Crippen molar-refractivity contribution >= 4 is 16.7 Å². The number of nitrogens with zero attached hydrogens (tertiary/aromatic N) is 2. The van der Waals surface area contributed by atoms with Crippen LogP contribution in [0.2, 0.25) is 0 Å². The summed E-state index contributed by atoms with van der Waals surface area (Å²) in [5.41, 5.74) is 2.44. The Morgan fingerprint density at radius 2 is 1.85 bits per heavy atom. The van der Waals surface area contributed by atoms with Crippen LogP contribution in [0.3, 0.4) is 0 Å². The molecule has 1 aromatic carbocycles. The molecule has 0 aliphatic rings. The van der Waals surface area contributed by atoms with E-state index in [0.29, 0.717) is 43.7 Å². The molecule has 0 radical (unpaired) electrons. The number of benzene rings is 1. The van der Waals surface area contributed by atoms with Crippen molar-refractivity contribution in [2.24, 2.45) is 0 Å². The molecule has 0 atom stereocenters. The molecule has 0 aliphatic heterocycles. The third-order valence-electron chi connectivity index (χ3n) is 4.29. The maximum absolute atomic E-state index is 6.00. The summed E-state index contributed by atoms with van der Waals surface area (Å²) in [5, 5.41) is 4.14. The highest BCUT2D eigenvalue weighted by Gasteiger charge is 2.13. The second-order valence-corrected chi connectivity index (χ2v) is 7.33. The number of anilines is 1. The first-order chi connectivity index (χ1) is 16.0. The zero-order valence-electron chi connectivity index (χ0n) is 20.1. The van der Waals surface area contributed by atoms with E-state index in [1.165, 1.54) is 6.33 Å². The minimum Gasteiger partial charge on any atom is -0.487 e. The summed E-state index contributed by atoms with van der Waals surface area (Å²) in [7, 11) is 1.63. The van der Waals surface area contributed by atoms with Crippen molar-refractivity contribution in [1.29, 1.82) is 0 Å². The van der Waals surface area contributed by atoms with Gasteiger partial charge in [0.1, 0.15) is 25.4 Å². The average Bonchev–Trinajstić information content (AvgIpc) is 2.77. The van der Waals surface area contributed by atoms with Crippen LogP contribution in [-0.2, 0) is 9.47 Å². The van der Waals surface area contributed by atoms with Gasteiger partial charge in [-0.15, -0.1) is 5.92 Å². The number of allylic oxidation sites excluding steroid dienone is 4. The molecule has 0 saturated heterocycles. The quantitative estimate of drug-likeness (QED) is 0.263. The van der Waals surface area contributed by atoms with Crippen molar-refractivity contribution in [3.8, 4) is 23.3 Å². The minimum absolute atomic E-state index is 0.135. The molecule has 1 heterocycles. The molecule has 0 unspecified atom stereocenters. The highest BCUT2D eigenvalue weighted by Crippen LogP contribution is 2.34. The summed E-state index contributed by atoms with van der Waals surface area (Å²) < 4.78 is 22.6. The van der Waals surface area contributed by atoms with E-state index in [-0.39, 0.29) is 6.10 Å². The Balaban J connectivity index is 2.41. The molecule has 0 spiro atoms. The summed E-state index contributed by atoms with van der Waals surface area (Å²) in [5.74, 6) is 7.74. The lowest BCUT2D eigenvalue weighted by Gasteiger charge is -2.16. The fraction of sp³-hybridized carbons (Fsp3) is 0.385. The van der Waals surface area contributed by atoms with Crippen LogP contribution in [0.15, 0.2) is 54.5 Å². The molecule has 2 aromatic rings. The van der Waals surface area contributed by atoms with E-state index >= 15 is 0 Å². The zero-order valence-corrected chi connectivity index (χ0v) is 20.1. The number of nitrogens with one attached hydrogen (secondary N) is 1. The number of rotatable bonds is 13. The molecule has 7 nitrogen and oxygen atoms in total. The van der Waals surface area contributed by atoms with Gasteiger partial charge in [-0.25, -0.2) is 9.97 Å². The van der Waals surface area contributed by atoms with E-state index in [0.717, 1.165) is 22.2 Å². The van der Waals surface area contributed by atoms with Gasteiger partial charge in [0, 0.05) is 29.8 Å². The lowest BCUT2D eigenvalue weighted by Crippen LogP contribution is -2.12. The molecule has 1 N–H and O–H groups in total. The van der Waals surface area contributed by atoms with Crippen LogP contribution in [0.5, 0.6) is 11.5 Å². The van der Waals surface area contributed by atoms with E-state index in [9.17, 15) is 0 Å². The number of ether oxygens (including phenoxy) is 4. The molecule has 2 rings (SSSR count). The van der Waals surface area contributed by atoms with E-state index < -0.39 is 0 Å². The maximum atomic E-state index is 6.00. The summed E-state index contributed by atoms with van der Waals surface area (Å²) in [6, 6.07) is 3.72. The Hall–Kier alpha value is -3.34. The Morgan fingerprint density at radius 1 is 1.12 bits per heavy atom. The molecule has 0 amide bonds. The molecular formula is C26H33N3O4. The standard InChI is InChI=1S/C26H33N3O4/c1-7-9-20(5)15-21(10-8-2)29-26-22-16-24(33-14-13-31-19(3)4)25(32-12-11-30-6)17-23(22)27-18-28-26/h8,10,15-19H,2,11-14H2,1,3-6H3,(H,27,28,29)/b20-15+,21-10+. The zero-order chi connectivity index (χ0) is 24.1. The fourth-order valence-corrected chi connectivity index (χ4v) is 2.92. The predicted molar refractivity (Wildman–Crippen MR) is 133 cm³/mol. The van der Waals surface area contributed by atoms with Crippen molar-refractivity contribution in [2.45, 2.75) is 33.8 Å². The van der Waals surface area contributed by atoms with Crippen LogP contribution in [0, 0.1) is 11.8 Å². The van der Waals surface area contributed by atoms with Gasteiger partial charge in [-0.1, -0.05) is 18.6 Å². The number of hydrogen-bond donors (Lipinski definition) is 1. The van der Waals surface area contributed by atoms with Crippen LogP contribution < -0.4 is 14.8 Å². The summed E-state index contributed by atoms with van der Waals surface area (Å²) in [4.78, 5) is 8.86. The SMILES string of the molecule is C=C/C=C(\C=C(/C)C#CC)Nc1ncnc2cc(OCCOC)c(OCCOC(C)C)cc12. The van der Waals surface area contributed by atoms with Crippen LogP contribution in [0.1, 0.15) is 27.7 Å². The van der Waals surface area contributed by atoms with Crippen molar-refractivity contribution in [2.75, 3.05) is 38.9 Å². The molecule has 33 heavy (non-hydrogen) atoms. The monoisotopic (exact) mass is 451 g/mol. The van der Waals surface area contributed by atoms with Gasteiger partial charge in [-0.05, 0) is 45.9 Å². The second-order valence-electron chi connectivity index (χ2n) is 7.33. The first-order valence-electron chi connectivity index (χ1n) is 10.8. The maximum Gasteiger partial charge on any atom is 0.163 e. The van der Waals surface area contributed by atoms with E-state index in [4.69, 9.17) is 18.9 Å². The van der Waals surface area contributed by atoms with Gasteiger partial charge in [-0.2, -0.15) is 0 Å². The van der Waals surface area contributed by atoms with E-state index in [1.807, 2.05) is 45.1 Å². The van der Waals surface area contributed by atoms with Gasteiger partial charge in [0.25, 0.3) is 0 Å². The number of methoxy groups -OCH3 is 1. The third-order valence-corrected chi connectivity index (χ3v) is 4.29. The first kappa shape index (κ1) is 25.9. The number of fused-ring (bicyclic) bond motifs is 1. The molecular weight excluding hydrogens is 418 g/mol. The summed E-state index contributed by atoms with van der Waals surface area (Å²) in [6.07, 6.45) is 7.15. The van der Waals surface area contributed by atoms with E-state index in [1.54, 1.807) is 20.1 Å². The largest absolute Gasteiger partial charge is 0.487 e. The van der Waals surface area contributed by atoms with Gasteiger partial charge in [-0.3, -0.25) is 0 Å². The molecule has 176 valence electrons. The van der Waals surface area contributed by atoms with Gasteiger partial charge >= 0.3 is 0 Å². The lowest BCUT2D eigenvalue weighted by atomic mass is 10.2. The van der Waals surface area contributed by atoms with Crippen molar-refractivity contribution < 1.29 is 18.9 Å². The molecule has 7 heteroatoms. The molecule has 0 bridgehead atoms. The minimum atomic E-state index is 0.135. The van der Waals surface area contributed by atoms with Crippen LogP contribution in [0.25, 0.3) is 10.9 Å². The summed E-state index contributed by atoms with van der Waals surface area (Å²) >= 11 is 0. The highest BCUT2D eigenvalue weighted by atomic mass is 16.6. The van der Waals surface area contributed by atoms with Crippen molar-refractivity contribution in [3.63, 3.8) is 0 Å². The number of hydrogen-bond acceptors (Lipinski definition) is 7. The van der Waals surface area contributed by atoms with E-state index in [2.05, 4.69) is 33.7 Å². The Labute approximate surface area is 196 Å². The molecule has 1 aromatic heterocycles. The van der Waals surface area contributed by atoms with Crippen molar-refractivity contribution in [3.05, 3.63) is 54.5 Å². The van der Waals surface area contributed by atoms with Gasteiger partial charge in [0.05, 0.1) is 24.8 Å². The fourth-order valence-electron chi connectivity index (χ4n) is 2.92. The predicted octanol–water partition coefficient (Wildman–Crippen LogP) is 4.91. The van der Waals surface area contributed by atoms with Crippen LogP contribution in [0.4, 0.5) is 5.82 Å². The number of aromatic nitrogens is 2. The normalized spacial score (nSPS) is 11.8. The first-order valence-corrected chi connectivity index (χ1v) is 10.8. The average molecular weight is 452 g/mol. The smallest absolute Gasteiger partial charge is 0.163 e. The highest BCUT2D eigenvalue weighted by molar-refractivity contribution is 5.92. The Bertz CT molecular complexity index is 1050. The summed E-state index contributed by atoms with van der Waals surface area (Å²) in [6.45, 7) is 13.2. The third kappa shape index (κ3) is 8.60. The van der Waals surface area contributed by atoms with Crippen LogP contribution in [-0.4, -0.2) is 49.6 Å². The van der Waals surface area contributed by atoms with Gasteiger partial charge in [0.2, 0.25) is 0 Å². The van der Waals surface area contributed by atoms with Crippen LogP contribution >= 0.6 is 0 Å². The Kier molecular flexibility index (Phi) is 10.9. The second kappa shape index (κ2) is 13.9. The molecule has 0 aliphatic carbocycles. The molecule has 0 fully saturated rings. The van der Waals surface area contributed by atoms with Crippen molar-refractivity contribution in [1.82, 2.24) is 9.97 Å². The van der Waals surface area contributed by atoms with Gasteiger partial charge < -0.3 is 24.3 Å². The topological polar surface area (TPSA) is 74.7 Å².